The number of benzene rings is 2. The summed E-state index contributed by atoms with van der Waals surface area (Å²) < 4.78 is 0. The summed E-state index contributed by atoms with van der Waals surface area (Å²) in [6.07, 6.45) is 1.88. The summed E-state index contributed by atoms with van der Waals surface area (Å²) in [5, 5.41) is 0.754. The van der Waals surface area contributed by atoms with Crippen LogP contribution in [0.1, 0.15) is 16.7 Å². The molecule has 0 heterocycles. The first-order chi connectivity index (χ1) is 8.18. The summed E-state index contributed by atoms with van der Waals surface area (Å²) in [6.45, 7) is 4.05. The van der Waals surface area contributed by atoms with Crippen LogP contribution in [0.15, 0.2) is 47.5 Å². The van der Waals surface area contributed by atoms with Gasteiger partial charge in [0.2, 0.25) is 0 Å². The minimum Gasteiger partial charge on any atom is -0.256 e. The molecule has 0 saturated carbocycles. The van der Waals surface area contributed by atoms with Crippen molar-refractivity contribution in [3.8, 4) is 0 Å². The lowest BCUT2D eigenvalue weighted by molar-refractivity contribution is 1.39. The second-order valence-electron chi connectivity index (χ2n) is 4.00. The van der Waals surface area contributed by atoms with Gasteiger partial charge < -0.3 is 0 Å². The van der Waals surface area contributed by atoms with Crippen molar-refractivity contribution in [1.29, 1.82) is 0 Å². The Labute approximate surface area is 107 Å². The van der Waals surface area contributed by atoms with E-state index in [0.29, 0.717) is 0 Å². The Morgan fingerprint density at radius 2 is 1.76 bits per heavy atom. The monoisotopic (exact) mass is 243 g/mol. The quantitative estimate of drug-likeness (QED) is 0.678. The van der Waals surface area contributed by atoms with Gasteiger partial charge in [0, 0.05) is 11.2 Å². The molecule has 0 bridgehead atoms. The van der Waals surface area contributed by atoms with Gasteiger partial charge in [-0.25, -0.2) is 0 Å². The predicted octanol–water partition coefficient (Wildman–Crippen LogP) is 4.71. The highest BCUT2D eigenvalue weighted by atomic mass is 35.5. The topological polar surface area (TPSA) is 12.4 Å². The Balaban J connectivity index is 2.33. The van der Waals surface area contributed by atoms with Gasteiger partial charge in [-0.3, -0.25) is 4.99 Å². The Hall–Kier alpha value is -1.60. The van der Waals surface area contributed by atoms with Crippen molar-refractivity contribution < 1.29 is 0 Å². The van der Waals surface area contributed by atoms with Crippen LogP contribution in [-0.2, 0) is 0 Å². The first kappa shape index (κ1) is 11.9. The van der Waals surface area contributed by atoms with E-state index in [-0.39, 0.29) is 0 Å². The predicted molar refractivity (Wildman–Crippen MR) is 74.6 cm³/mol. The number of hydrogen-bond donors (Lipinski definition) is 0. The van der Waals surface area contributed by atoms with Gasteiger partial charge >= 0.3 is 0 Å². The van der Waals surface area contributed by atoms with E-state index in [1.807, 2.05) is 43.5 Å². The number of nitrogens with zero attached hydrogens (tertiary/aromatic N) is 1. The van der Waals surface area contributed by atoms with Crippen molar-refractivity contribution in [3.05, 3.63) is 64.2 Å². The lowest BCUT2D eigenvalue weighted by atomic mass is 10.1. The zero-order chi connectivity index (χ0) is 12.3. The van der Waals surface area contributed by atoms with Crippen molar-refractivity contribution in [2.75, 3.05) is 0 Å². The second-order valence-corrected chi connectivity index (χ2v) is 4.41. The number of rotatable bonds is 2. The standard InChI is InChI=1S/C15H14ClN/c1-11-6-3-4-7-13(11)10-17-15-9-5-8-14(16)12(15)2/h3-10H,1-2H3. The van der Waals surface area contributed by atoms with Crippen LogP contribution >= 0.6 is 11.6 Å². The lowest BCUT2D eigenvalue weighted by Crippen LogP contribution is -1.85. The van der Waals surface area contributed by atoms with Gasteiger partial charge in [-0.1, -0.05) is 41.9 Å². The molecule has 0 saturated heterocycles. The van der Waals surface area contributed by atoms with Crippen molar-refractivity contribution in [2.45, 2.75) is 13.8 Å². The SMILES string of the molecule is Cc1ccccc1C=Nc1cccc(Cl)c1C. The molecule has 0 aliphatic heterocycles. The third kappa shape index (κ3) is 2.75. The fourth-order valence-electron chi connectivity index (χ4n) is 1.61. The average molecular weight is 244 g/mol. The summed E-state index contributed by atoms with van der Waals surface area (Å²) in [5.41, 5.74) is 4.28. The molecule has 0 N–H and O–H groups in total. The average Bonchev–Trinajstić information content (AvgIpc) is 2.33. The zero-order valence-corrected chi connectivity index (χ0v) is 10.7. The molecule has 0 amide bonds. The number of halogens is 1. The van der Waals surface area contributed by atoms with Crippen LogP contribution in [0.5, 0.6) is 0 Å². The minimum absolute atomic E-state index is 0.754. The molecule has 0 aliphatic rings. The molecule has 0 spiro atoms. The Morgan fingerprint density at radius 1 is 1.00 bits per heavy atom. The van der Waals surface area contributed by atoms with Crippen LogP contribution in [0.4, 0.5) is 5.69 Å². The summed E-state index contributed by atoms with van der Waals surface area (Å²) >= 11 is 6.05. The molecule has 0 aliphatic carbocycles. The summed E-state index contributed by atoms with van der Waals surface area (Å²) in [7, 11) is 0. The van der Waals surface area contributed by atoms with E-state index in [0.717, 1.165) is 21.8 Å². The van der Waals surface area contributed by atoms with Gasteiger partial charge in [-0.05, 0) is 42.7 Å². The van der Waals surface area contributed by atoms with Gasteiger partial charge in [0.25, 0.3) is 0 Å². The van der Waals surface area contributed by atoms with Crippen LogP contribution in [0.25, 0.3) is 0 Å². The number of aliphatic imine (C=N–C) groups is 1. The van der Waals surface area contributed by atoms with Crippen LogP contribution in [0.3, 0.4) is 0 Å². The smallest absolute Gasteiger partial charge is 0.0673 e. The fraction of sp³-hybridized carbons (Fsp3) is 0.133. The van der Waals surface area contributed by atoms with Gasteiger partial charge in [0.1, 0.15) is 0 Å². The molecule has 2 heteroatoms. The highest BCUT2D eigenvalue weighted by Crippen LogP contribution is 2.25. The van der Waals surface area contributed by atoms with Crippen molar-refractivity contribution in [3.63, 3.8) is 0 Å². The number of hydrogen-bond acceptors (Lipinski definition) is 1. The fourth-order valence-corrected chi connectivity index (χ4v) is 1.78. The van der Waals surface area contributed by atoms with E-state index < -0.39 is 0 Å². The van der Waals surface area contributed by atoms with Gasteiger partial charge in [0.15, 0.2) is 0 Å². The third-order valence-corrected chi connectivity index (χ3v) is 3.18. The highest BCUT2D eigenvalue weighted by Gasteiger charge is 1.99. The van der Waals surface area contributed by atoms with E-state index in [1.165, 1.54) is 5.56 Å². The van der Waals surface area contributed by atoms with Crippen LogP contribution in [0, 0.1) is 13.8 Å². The maximum atomic E-state index is 6.05. The Morgan fingerprint density at radius 3 is 2.53 bits per heavy atom. The maximum Gasteiger partial charge on any atom is 0.0673 e. The molecule has 2 rings (SSSR count). The number of aryl methyl sites for hydroxylation is 1. The second kappa shape index (κ2) is 5.15. The van der Waals surface area contributed by atoms with E-state index in [2.05, 4.69) is 24.0 Å². The normalized spacial score (nSPS) is 11.0. The summed E-state index contributed by atoms with van der Waals surface area (Å²) in [4.78, 5) is 4.49. The van der Waals surface area contributed by atoms with Gasteiger partial charge in [-0.15, -0.1) is 0 Å². The van der Waals surface area contributed by atoms with E-state index in [4.69, 9.17) is 11.6 Å². The molecule has 2 aromatic carbocycles. The van der Waals surface area contributed by atoms with E-state index in [9.17, 15) is 0 Å². The van der Waals surface area contributed by atoms with Crippen molar-refractivity contribution >= 4 is 23.5 Å². The maximum absolute atomic E-state index is 6.05. The molecular weight excluding hydrogens is 230 g/mol. The molecule has 0 radical (unpaired) electrons. The van der Waals surface area contributed by atoms with E-state index in [1.54, 1.807) is 0 Å². The molecule has 0 aromatic heterocycles. The Bertz CT molecular complexity index is 559. The first-order valence-electron chi connectivity index (χ1n) is 5.53. The van der Waals surface area contributed by atoms with Gasteiger partial charge in [0.05, 0.1) is 5.69 Å². The van der Waals surface area contributed by atoms with Gasteiger partial charge in [-0.2, -0.15) is 0 Å². The van der Waals surface area contributed by atoms with Crippen LogP contribution < -0.4 is 0 Å². The molecular formula is C15H14ClN. The molecule has 86 valence electrons. The first-order valence-corrected chi connectivity index (χ1v) is 5.91. The molecule has 0 atom stereocenters. The third-order valence-electron chi connectivity index (χ3n) is 2.77. The molecule has 0 fully saturated rings. The summed E-state index contributed by atoms with van der Waals surface area (Å²) in [5.74, 6) is 0. The molecule has 0 unspecified atom stereocenters. The van der Waals surface area contributed by atoms with Crippen LogP contribution in [0.2, 0.25) is 5.02 Å². The minimum atomic E-state index is 0.754. The highest BCUT2D eigenvalue weighted by molar-refractivity contribution is 6.31. The largest absolute Gasteiger partial charge is 0.256 e. The molecule has 17 heavy (non-hydrogen) atoms. The molecule has 1 nitrogen and oxygen atoms in total. The van der Waals surface area contributed by atoms with Crippen molar-refractivity contribution in [1.82, 2.24) is 0 Å². The zero-order valence-electron chi connectivity index (χ0n) is 9.94. The van der Waals surface area contributed by atoms with Crippen LogP contribution in [-0.4, -0.2) is 6.21 Å². The van der Waals surface area contributed by atoms with E-state index >= 15 is 0 Å². The molecule has 2 aromatic rings. The summed E-state index contributed by atoms with van der Waals surface area (Å²) in [6, 6.07) is 13.9. The Kier molecular flexibility index (Phi) is 3.60. The van der Waals surface area contributed by atoms with Crippen molar-refractivity contribution in [2.24, 2.45) is 4.99 Å². The lowest BCUT2D eigenvalue weighted by Gasteiger charge is -2.02.